The number of aliphatic imine (C=N–C) groups is 1. The van der Waals surface area contributed by atoms with Crippen LogP contribution in [0.4, 0.5) is 0 Å². The molecule has 5 nitrogen and oxygen atoms in total. The van der Waals surface area contributed by atoms with Crippen molar-refractivity contribution in [2.45, 2.75) is 19.4 Å². The Balaban J connectivity index is 1.69. The van der Waals surface area contributed by atoms with Crippen molar-refractivity contribution in [2.75, 3.05) is 45.9 Å². The van der Waals surface area contributed by atoms with E-state index in [1.54, 1.807) is 0 Å². The van der Waals surface area contributed by atoms with Crippen LogP contribution in [0.5, 0.6) is 0 Å². The van der Waals surface area contributed by atoms with E-state index < -0.39 is 0 Å². The Bertz CT molecular complexity index is 238. The summed E-state index contributed by atoms with van der Waals surface area (Å²) in [6, 6.07) is 0.537. The minimum absolute atomic E-state index is 0.537. The molecule has 0 aliphatic carbocycles. The molecule has 0 aromatic carbocycles. The van der Waals surface area contributed by atoms with Crippen molar-refractivity contribution in [3.8, 4) is 0 Å². The highest BCUT2D eigenvalue weighted by Gasteiger charge is 2.17. The molecule has 0 aromatic rings. The summed E-state index contributed by atoms with van der Waals surface area (Å²) in [5.41, 5.74) is 0. The average molecular weight is 226 g/mol. The molecule has 92 valence electrons. The number of ether oxygens (including phenoxy) is 1. The molecule has 5 heteroatoms. The van der Waals surface area contributed by atoms with Crippen molar-refractivity contribution in [3.05, 3.63) is 0 Å². The number of morpholine rings is 1. The molecule has 2 rings (SSSR count). The topological polar surface area (TPSA) is 48.9 Å². The number of hydrogen-bond donors (Lipinski definition) is 2. The van der Waals surface area contributed by atoms with Gasteiger partial charge in [0.15, 0.2) is 5.96 Å². The Morgan fingerprint density at radius 3 is 3.00 bits per heavy atom. The monoisotopic (exact) mass is 226 g/mol. The summed E-state index contributed by atoms with van der Waals surface area (Å²) in [6.45, 7) is 9.01. The first-order valence-corrected chi connectivity index (χ1v) is 6.20. The second-order valence-corrected chi connectivity index (χ2v) is 4.39. The third kappa shape index (κ3) is 3.35. The van der Waals surface area contributed by atoms with Crippen LogP contribution >= 0.6 is 0 Å². The van der Waals surface area contributed by atoms with Crippen molar-refractivity contribution in [1.29, 1.82) is 0 Å². The summed E-state index contributed by atoms with van der Waals surface area (Å²) >= 11 is 0. The Labute approximate surface area is 97.2 Å². The molecule has 0 radical (unpaired) electrons. The van der Waals surface area contributed by atoms with Gasteiger partial charge in [-0.05, 0) is 13.3 Å². The molecule has 16 heavy (non-hydrogen) atoms. The predicted molar refractivity (Wildman–Crippen MR) is 64.8 cm³/mol. The Hall–Kier alpha value is -0.810. The van der Waals surface area contributed by atoms with E-state index in [9.17, 15) is 0 Å². The number of hydrogen-bond acceptors (Lipinski definition) is 5. The van der Waals surface area contributed by atoms with Gasteiger partial charge in [0.25, 0.3) is 0 Å². The molecular formula is C11H22N4O. The normalized spacial score (nSPS) is 24.4. The Kier molecular flexibility index (Phi) is 4.42. The highest BCUT2D eigenvalue weighted by Crippen LogP contribution is 2.02. The number of rotatable bonds is 3. The Morgan fingerprint density at radius 2 is 2.31 bits per heavy atom. The maximum Gasteiger partial charge on any atom is 0.191 e. The van der Waals surface area contributed by atoms with E-state index in [0.717, 1.165) is 58.3 Å². The number of nitrogens with one attached hydrogen (secondary N) is 2. The molecule has 1 atom stereocenters. The molecule has 0 amide bonds. The first kappa shape index (κ1) is 11.7. The zero-order valence-electron chi connectivity index (χ0n) is 10.0. The number of nitrogens with zero attached hydrogens (tertiary/aromatic N) is 2. The lowest BCUT2D eigenvalue weighted by Gasteiger charge is -2.32. The van der Waals surface area contributed by atoms with Crippen molar-refractivity contribution in [1.82, 2.24) is 15.5 Å². The van der Waals surface area contributed by atoms with Crippen LogP contribution in [-0.2, 0) is 4.74 Å². The maximum atomic E-state index is 5.35. The molecular weight excluding hydrogens is 204 g/mol. The summed E-state index contributed by atoms with van der Waals surface area (Å²) in [7, 11) is 0. The lowest BCUT2D eigenvalue weighted by molar-refractivity contribution is 0.0211. The van der Waals surface area contributed by atoms with E-state index in [4.69, 9.17) is 4.74 Å². The third-order valence-corrected chi connectivity index (χ3v) is 3.13. The summed E-state index contributed by atoms with van der Waals surface area (Å²) in [6.07, 6.45) is 1.14. The molecule has 0 bridgehead atoms. The van der Waals surface area contributed by atoms with Crippen LogP contribution in [0, 0.1) is 0 Å². The minimum Gasteiger partial charge on any atom is -0.379 e. The van der Waals surface area contributed by atoms with Crippen molar-refractivity contribution in [3.63, 3.8) is 0 Å². The summed E-state index contributed by atoms with van der Waals surface area (Å²) in [5, 5.41) is 6.65. The van der Waals surface area contributed by atoms with Crippen LogP contribution in [0.2, 0.25) is 0 Å². The van der Waals surface area contributed by atoms with Crippen LogP contribution in [0.1, 0.15) is 13.3 Å². The van der Waals surface area contributed by atoms with Gasteiger partial charge in [-0.2, -0.15) is 0 Å². The molecule has 1 unspecified atom stereocenters. The van der Waals surface area contributed by atoms with Crippen molar-refractivity contribution in [2.24, 2.45) is 4.99 Å². The maximum absolute atomic E-state index is 5.35. The van der Waals surface area contributed by atoms with E-state index >= 15 is 0 Å². The van der Waals surface area contributed by atoms with Crippen LogP contribution < -0.4 is 10.6 Å². The molecule has 0 saturated carbocycles. The minimum atomic E-state index is 0.537. The van der Waals surface area contributed by atoms with Gasteiger partial charge < -0.3 is 15.4 Å². The van der Waals surface area contributed by atoms with Crippen LogP contribution in [0.15, 0.2) is 4.99 Å². The SMILES string of the molecule is CC(CNC1=NCCCN1)N1CCOCC1. The van der Waals surface area contributed by atoms with Crippen molar-refractivity contribution < 1.29 is 4.74 Å². The summed E-state index contributed by atoms with van der Waals surface area (Å²) < 4.78 is 5.35. The predicted octanol–water partition coefficient (Wildman–Crippen LogP) is -0.354. The highest BCUT2D eigenvalue weighted by molar-refractivity contribution is 5.80. The molecule has 1 saturated heterocycles. The fraction of sp³-hybridized carbons (Fsp3) is 0.909. The highest BCUT2D eigenvalue weighted by atomic mass is 16.5. The second kappa shape index (κ2) is 6.06. The lowest BCUT2D eigenvalue weighted by Crippen LogP contribution is -2.50. The Morgan fingerprint density at radius 1 is 1.50 bits per heavy atom. The summed E-state index contributed by atoms with van der Waals surface area (Å²) in [4.78, 5) is 6.86. The molecule has 2 aliphatic rings. The zero-order valence-corrected chi connectivity index (χ0v) is 10.0. The van der Waals surface area contributed by atoms with Gasteiger partial charge >= 0.3 is 0 Å². The van der Waals surface area contributed by atoms with Gasteiger partial charge in [0, 0.05) is 38.8 Å². The molecule has 2 heterocycles. The smallest absolute Gasteiger partial charge is 0.191 e. The van der Waals surface area contributed by atoms with Crippen LogP contribution in [0.3, 0.4) is 0 Å². The van der Waals surface area contributed by atoms with E-state index in [2.05, 4.69) is 27.4 Å². The van der Waals surface area contributed by atoms with E-state index in [-0.39, 0.29) is 0 Å². The standard InChI is InChI=1S/C11H22N4O/c1-10(15-5-7-16-8-6-15)9-14-11-12-3-2-4-13-11/h10H,2-9H2,1H3,(H2,12,13,14). The van der Waals surface area contributed by atoms with Gasteiger partial charge in [-0.25, -0.2) is 0 Å². The quantitative estimate of drug-likeness (QED) is 0.690. The summed E-state index contributed by atoms with van der Waals surface area (Å²) in [5.74, 6) is 0.964. The molecule has 2 N–H and O–H groups in total. The second-order valence-electron chi connectivity index (χ2n) is 4.39. The lowest BCUT2D eigenvalue weighted by atomic mass is 10.2. The zero-order chi connectivity index (χ0) is 11.2. The largest absolute Gasteiger partial charge is 0.379 e. The fourth-order valence-corrected chi connectivity index (χ4v) is 2.04. The van der Waals surface area contributed by atoms with E-state index in [1.807, 2.05) is 0 Å². The van der Waals surface area contributed by atoms with E-state index in [0.29, 0.717) is 6.04 Å². The molecule has 0 spiro atoms. The third-order valence-electron chi connectivity index (χ3n) is 3.13. The molecule has 2 aliphatic heterocycles. The molecule has 0 aromatic heterocycles. The average Bonchev–Trinajstić information content (AvgIpc) is 2.38. The van der Waals surface area contributed by atoms with Crippen LogP contribution in [0.25, 0.3) is 0 Å². The van der Waals surface area contributed by atoms with Gasteiger partial charge in [0.1, 0.15) is 0 Å². The van der Waals surface area contributed by atoms with Crippen LogP contribution in [-0.4, -0.2) is 62.8 Å². The van der Waals surface area contributed by atoms with Gasteiger partial charge in [-0.15, -0.1) is 0 Å². The first-order valence-electron chi connectivity index (χ1n) is 6.20. The van der Waals surface area contributed by atoms with Gasteiger partial charge in [0.2, 0.25) is 0 Å². The van der Waals surface area contributed by atoms with Crippen molar-refractivity contribution >= 4 is 5.96 Å². The number of guanidine groups is 1. The first-order chi connectivity index (χ1) is 7.86. The fourth-order valence-electron chi connectivity index (χ4n) is 2.04. The van der Waals surface area contributed by atoms with E-state index in [1.165, 1.54) is 0 Å². The van der Waals surface area contributed by atoms with Gasteiger partial charge in [-0.1, -0.05) is 0 Å². The molecule has 1 fully saturated rings. The van der Waals surface area contributed by atoms with Gasteiger partial charge in [0.05, 0.1) is 13.2 Å². The van der Waals surface area contributed by atoms with Gasteiger partial charge in [-0.3, -0.25) is 9.89 Å².